The first kappa shape index (κ1) is 19.6. The standard InChI is InChI=1S/C18H11F3N4O2S/c1-27-17(26)11(8-22)15-16(25-13-5-3-2-4-12(13)24-15)28-14-7-6-10(9-23-14)18(19,20)21/h2-7,9,11H,1H3. The van der Waals surface area contributed by atoms with Gasteiger partial charge in [-0.3, -0.25) is 4.79 Å². The lowest BCUT2D eigenvalue weighted by atomic mass is 10.1. The molecular weight excluding hydrogens is 393 g/mol. The van der Waals surface area contributed by atoms with Gasteiger partial charge in [-0.1, -0.05) is 12.1 Å². The number of benzene rings is 1. The van der Waals surface area contributed by atoms with E-state index in [-0.39, 0.29) is 15.7 Å². The molecule has 10 heteroatoms. The van der Waals surface area contributed by atoms with Crippen LogP contribution in [0.3, 0.4) is 0 Å². The van der Waals surface area contributed by atoms with Gasteiger partial charge < -0.3 is 4.74 Å². The van der Waals surface area contributed by atoms with E-state index in [9.17, 15) is 23.2 Å². The van der Waals surface area contributed by atoms with Crippen molar-refractivity contribution in [2.75, 3.05) is 7.11 Å². The van der Waals surface area contributed by atoms with Crippen LogP contribution in [0.2, 0.25) is 0 Å². The predicted octanol–water partition coefficient (Wildman–Crippen LogP) is 3.97. The molecule has 3 aromatic rings. The van der Waals surface area contributed by atoms with Crippen molar-refractivity contribution in [3.8, 4) is 6.07 Å². The number of carbonyl (C=O) groups excluding carboxylic acids is 1. The van der Waals surface area contributed by atoms with Crippen LogP contribution in [0, 0.1) is 11.3 Å². The van der Waals surface area contributed by atoms with Crippen LogP contribution in [0.1, 0.15) is 17.2 Å². The summed E-state index contributed by atoms with van der Waals surface area (Å²) in [6, 6.07) is 10.7. The van der Waals surface area contributed by atoms with E-state index in [1.165, 1.54) is 6.07 Å². The molecule has 0 saturated carbocycles. The Kier molecular flexibility index (Phi) is 5.46. The maximum atomic E-state index is 12.7. The fraction of sp³-hybridized carbons (Fsp3) is 0.167. The van der Waals surface area contributed by atoms with Crippen molar-refractivity contribution in [2.24, 2.45) is 0 Å². The second-order valence-electron chi connectivity index (χ2n) is 5.47. The van der Waals surface area contributed by atoms with Gasteiger partial charge in [0.2, 0.25) is 0 Å². The number of nitrogens with zero attached hydrogens (tertiary/aromatic N) is 4. The molecule has 2 aromatic heterocycles. The third-order valence-electron chi connectivity index (χ3n) is 3.67. The third-order valence-corrected chi connectivity index (χ3v) is 4.61. The van der Waals surface area contributed by atoms with Gasteiger partial charge in [0.15, 0.2) is 5.92 Å². The van der Waals surface area contributed by atoms with Gasteiger partial charge in [-0.15, -0.1) is 0 Å². The van der Waals surface area contributed by atoms with E-state index in [1.54, 1.807) is 24.3 Å². The number of methoxy groups -OCH3 is 1. The fourth-order valence-electron chi connectivity index (χ4n) is 2.31. The van der Waals surface area contributed by atoms with Gasteiger partial charge in [0.05, 0.1) is 29.8 Å². The molecule has 0 N–H and O–H groups in total. The first-order chi connectivity index (χ1) is 13.3. The summed E-state index contributed by atoms with van der Waals surface area (Å²) >= 11 is 0.909. The van der Waals surface area contributed by atoms with Gasteiger partial charge in [-0.2, -0.15) is 18.4 Å². The number of alkyl halides is 3. The molecule has 6 nitrogen and oxygen atoms in total. The van der Waals surface area contributed by atoms with Gasteiger partial charge in [-0.25, -0.2) is 15.0 Å². The minimum absolute atomic E-state index is 0.0553. The van der Waals surface area contributed by atoms with E-state index in [0.29, 0.717) is 17.2 Å². The highest BCUT2D eigenvalue weighted by atomic mass is 32.2. The molecule has 0 amide bonds. The maximum absolute atomic E-state index is 12.7. The van der Waals surface area contributed by atoms with Crippen LogP contribution in [-0.4, -0.2) is 28.0 Å². The zero-order chi connectivity index (χ0) is 20.3. The Morgan fingerprint density at radius 2 is 1.86 bits per heavy atom. The molecule has 0 spiro atoms. The lowest BCUT2D eigenvalue weighted by Gasteiger charge is -2.12. The normalized spacial score (nSPS) is 12.4. The SMILES string of the molecule is COC(=O)C(C#N)c1nc2ccccc2nc1Sc1ccc(C(F)(F)F)cn1. The van der Waals surface area contributed by atoms with Crippen LogP contribution in [0.5, 0.6) is 0 Å². The zero-order valence-corrected chi connectivity index (χ0v) is 15.1. The molecule has 1 aromatic carbocycles. The number of hydrogen-bond acceptors (Lipinski definition) is 7. The van der Waals surface area contributed by atoms with Gasteiger partial charge in [0.25, 0.3) is 0 Å². The summed E-state index contributed by atoms with van der Waals surface area (Å²) in [5, 5.41) is 9.79. The molecule has 142 valence electrons. The Morgan fingerprint density at radius 1 is 1.18 bits per heavy atom. The second kappa shape index (κ2) is 7.82. The summed E-state index contributed by atoms with van der Waals surface area (Å²) in [6.45, 7) is 0. The fourth-order valence-corrected chi connectivity index (χ4v) is 3.16. The highest BCUT2D eigenvalue weighted by Crippen LogP contribution is 2.34. The number of carbonyl (C=O) groups is 1. The molecule has 3 rings (SSSR count). The molecular formula is C18H11F3N4O2S. The molecule has 2 heterocycles. The number of rotatable bonds is 4. The van der Waals surface area contributed by atoms with Crippen LogP contribution in [0.15, 0.2) is 52.6 Å². The second-order valence-corrected chi connectivity index (χ2v) is 6.48. The van der Waals surface area contributed by atoms with Crippen molar-refractivity contribution in [2.45, 2.75) is 22.1 Å². The molecule has 0 bridgehead atoms. The summed E-state index contributed by atoms with van der Waals surface area (Å²) in [5.74, 6) is -2.15. The number of pyridine rings is 1. The van der Waals surface area contributed by atoms with Crippen molar-refractivity contribution in [1.82, 2.24) is 15.0 Å². The predicted molar refractivity (Wildman–Crippen MR) is 93.3 cm³/mol. The number of fused-ring (bicyclic) bond motifs is 1. The lowest BCUT2D eigenvalue weighted by Crippen LogP contribution is -2.15. The van der Waals surface area contributed by atoms with E-state index >= 15 is 0 Å². The molecule has 0 saturated heterocycles. The number of hydrogen-bond donors (Lipinski definition) is 0. The summed E-state index contributed by atoms with van der Waals surface area (Å²) in [5.41, 5.74) is 0.138. The minimum atomic E-state index is -4.50. The van der Waals surface area contributed by atoms with E-state index < -0.39 is 23.6 Å². The van der Waals surface area contributed by atoms with Crippen LogP contribution in [0.25, 0.3) is 11.0 Å². The van der Waals surface area contributed by atoms with Crippen molar-refractivity contribution in [1.29, 1.82) is 5.26 Å². The van der Waals surface area contributed by atoms with Crippen molar-refractivity contribution in [3.63, 3.8) is 0 Å². The summed E-state index contributed by atoms with van der Waals surface area (Å²) in [6.07, 6.45) is -3.79. The first-order valence-electron chi connectivity index (χ1n) is 7.78. The molecule has 0 radical (unpaired) electrons. The average Bonchev–Trinajstić information content (AvgIpc) is 2.68. The highest BCUT2D eigenvalue weighted by Gasteiger charge is 2.31. The molecule has 1 atom stereocenters. The summed E-state index contributed by atoms with van der Waals surface area (Å²) in [4.78, 5) is 24.5. The van der Waals surface area contributed by atoms with E-state index in [1.807, 2.05) is 6.07 Å². The molecule has 0 aliphatic carbocycles. The number of aromatic nitrogens is 3. The van der Waals surface area contributed by atoms with Crippen molar-refractivity contribution >= 4 is 28.8 Å². The van der Waals surface area contributed by atoms with Crippen LogP contribution < -0.4 is 0 Å². The minimum Gasteiger partial charge on any atom is -0.468 e. The van der Waals surface area contributed by atoms with E-state index in [4.69, 9.17) is 0 Å². The number of nitriles is 1. The van der Waals surface area contributed by atoms with Crippen LogP contribution >= 0.6 is 11.8 Å². The Bertz CT molecular complexity index is 1070. The summed E-state index contributed by atoms with van der Waals surface area (Å²) < 4.78 is 42.8. The molecule has 0 fully saturated rings. The van der Waals surface area contributed by atoms with E-state index in [2.05, 4.69) is 19.7 Å². The quantitative estimate of drug-likeness (QED) is 0.608. The smallest absolute Gasteiger partial charge is 0.417 e. The highest BCUT2D eigenvalue weighted by molar-refractivity contribution is 7.99. The third kappa shape index (κ3) is 4.04. The number of para-hydroxylation sites is 2. The Hall–Kier alpha value is -3.19. The molecule has 28 heavy (non-hydrogen) atoms. The number of ether oxygens (including phenoxy) is 1. The summed E-state index contributed by atoms with van der Waals surface area (Å²) in [7, 11) is 1.14. The number of halogens is 3. The van der Waals surface area contributed by atoms with Gasteiger partial charge in [0.1, 0.15) is 15.7 Å². The topological polar surface area (TPSA) is 88.8 Å². The molecule has 0 aliphatic rings. The van der Waals surface area contributed by atoms with Crippen LogP contribution in [-0.2, 0) is 15.7 Å². The molecule has 1 unspecified atom stereocenters. The average molecular weight is 404 g/mol. The lowest BCUT2D eigenvalue weighted by molar-refractivity contribution is -0.141. The van der Waals surface area contributed by atoms with Crippen molar-refractivity contribution in [3.05, 3.63) is 53.9 Å². The van der Waals surface area contributed by atoms with Gasteiger partial charge >= 0.3 is 12.1 Å². The first-order valence-corrected chi connectivity index (χ1v) is 8.60. The Balaban J connectivity index is 2.07. The van der Waals surface area contributed by atoms with Gasteiger partial charge in [0, 0.05) is 6.20 Å². The van der Waals surface area contributed by atoms with Crippen LogP contribution in [0.4, 0.5) is 13.2 Å². The largest absolute Gasteiger partial charge is 0.468 e. The Morgan fingerprint density at radius 3 is 2.39 bits per heavy atom. The Labute approximate surface area is 161 Å². The van der Waals surface area contributed by atoms with Gasteiger partial charge in [-0.05, 0) is 36.0 Å². The number of esters is 1. The molecule has 0 aliphatic heterocycles. The zero-order valence-electron chi connectivity index (χ0n) is 14.3. The monoisotopic (exact) mass is 404 g/mol. The van der Waals surface area contributed by atoms with Crippen molar-refractivity contribution < 1.29 is 22.7 Å². The maximum Gasteiger partial charge on any atom is 0.417 e. The van der Waals surface area contributed by atoms with E-state index in [0.717, 1.165) is 24.9 Å².